The maximum Gasteiger partial charge on any atom is 0.175 e. The van der Waals surface area contributed by atoms with E-state index in [4.69, 9.17) is 0 Å². The summed E-state index contributed by atoms with van der Waals surface area (Å²) >= 11 is 3.21. The molecule has 4 aliphatic rings. The number of hydrogen-bond acceptors (Lipinski definition) is 3. The molecule has 0 aromatic carbocycles. The van der Waals surface area contributed by atoms with E-state index < -0.39 is 22.6 Å². The zero-order chi connectivity index (χ0) is 18.9. The molecule has 0 bridgehead atoms. The highest BCUT2D eigenvalue weighted by Gasteiger charge is 2.64. The van der Waals surface area contributed by atoms with E-state index in [1.54, 1.807) is 6.08 Å². The fourth-order valence-electron chi connectivity index (χ4n) is 6.44. The number of ketones is 2. The number of carbonyl (C=O) groups excluding carboxylic acids is 2. The normalized spacial score (nSPS) is 47.4. The second kappa shape index (κ2) is 5.84. The lowest BCUT2D eigenvalue weighted by Gasteiger charge is -2.55. The molecule has 0 heterocycles. The van der Waals surface area contributed by atoms with Gasteiger partial charge in [-0.25, -0.2) is 4.39 Å². The zero-order valence-electron chi connectivity index (χ0n) is 15.4. The molecule has 1 N–H and O–H groups in total. The Balaban J connectivity index is 1.79. The Morgan fingerprint density at radius 2 is 2.08 bits per heavy atom. The molecule has 5 heteroatoms. The molecule has 1 unspecified atom stereocenters. The highest BCUT2D eigenvalue weighted by molar-refractivity contribution is 9.09. The van der Waals surface area contributed by atoms with Crippen LogP contribution in [0, 0.1) is 22.7 Å². The third-order valence-corrected chi connectivity index (χ3v) is 8.56. The summed E-state index contributed by atoms with van der Waals surface area (Å²) in [5, 5.41) is 11.4. The third-order valence-electron chi connectivity index (χ3n) is 8.05. The van der Waals surface area contributed by atoms with Crippen molar-refractivity contribution < 1.29 is 19.1 Å². The van der Waals surface area contributed by atoms with Crippen LogP contribution in [0.2, 0.25) is 0 Å². The Morgan fingerprint density at radius 3 is 2.77 bits per heavy atom. The first kappa shape index (κ1) is 18.5. The molecule has 142 valence electrons. The Kier molecular flexibility index (Phi) is 4.17. The molecule has 0 radical (unpaired) electrons. The molecule has 0 aromatic rings. The standard InChI is InChI=1S/C21H26BrFO3/c1-19-6-3-12(24)9-16(19)17(23)10-13-14(19)4-7-20(2)15(13)5-8-21(20,26)18(25)11-22/h4,9,13,15,17,26H,3,5-8,10-11H2,1-2H3/t13-,15+,17?,19-,20+,21+/m1/s1. The van der Waals surface area contributed by atoms with Crippen molar-refractivity contribution in [2.75, 3.05) is 5.33 Å². The van der Waals surface area contributed by atoms with Crippen LogP contribution in [0.5, 0.6) is 0 Å². The summed E-state index contributed by atoms with van der Waals surface area (Å²) in [5.41, 5.74) is -0.395. The molecule has 3 nitrogen and oxygen atoms in total. The lowest BCUT2D eigenvalue weighted by Crippen LogP contribution is -2.55. The number of aliphatic hydroxyl groups is 1. The SMILES string of the molecule is C[C@]12CCC(=O)C=C1C(F)C[C@@H]1C2=CC[C@@]2(C)[C@H]1CC[C@]2(O)C(=O)CBr. The lowest BCUT2D eigenvalue weighted by molar-refractivity contribution is -0.150. The lowest BCUT2D eigenvalue weighted by atomic mass is 9.50. The van der Waals surface area contributed by atoms with Gasteiger partial charge >= 0.3 is 0 Å². The first-order valence-corrected chi connectivity index (χ1v) is 10.7. The molecular formula is C21H26BrFO3. The number of hydrogen-bond donors (Lipinski definition) is 1. The number of fused-ring (bicyclic) bond motifs is 5. The fourth-order valence-corrected chi connectivity index (χ4v) is 6.91. The van der Waals surface area contributed by atoms with Crippen LogP contribution in [-0.4, -0.2) is 33.8 Å². The van der Waals surface area contributed by atoms with E-state index in [2.05, 4.69) is 28.9 Å². The van der Waals surface area contributed by atoms with Crippen LogP contribution in [0.25, 0.3) is 0 Å². The maximum absolute atomic E-state index is 15.1. The molecule has 0 aliphatic heterocycles. The molecule has 0 saturated heterocycles. The topological polar surface area (TPSA) is 54.4 Å². The van der Waals surface area contributed by atoms with Gasteiger partial charge in [-0.3, -0.25) is 9.59 Å². The van der Waals surface area contributed by atoms with Gasteiger partial charge in [0, 0.05) is 17.3 Å². The number of carbonyl (C=O) groups is 2. The van der Waals surface area contributed by atoms with Crippen LogP contribution in [0.1, 0.15) is 52.4 Å². The van der Waals surface area contributed by atoms with Crippen LogP contribution in [0.15, 0.2) is 23.3 Å². The second-order valence-corrected chi connectivity index (χ2v) is 9.61. The summed E-state index contributed by atoms with van der Waals surface area (Å²) in [6.07, 6.45) is 5.90. The van der Waals surface area contributed by atoms with Crippen molar-refractivity contribution in [1.29, 1.82) is 0 Å². The van der Waals surface area contributed by atoms with E-state index in [0.29, 0.717) is 37.7 Å². The smallest absolute Gasteiger partial charge is 0.175 e. The number of Topliss-reactive ketones (excluding diaryl/α,β-unsaturated/α-hetero) is 1. The average molecular weight is 425 g/mol. The van der Waals surface area contributed by atoms with Crippen LogP contribution in [0.3, 0.4) is 0 Å². The Labute approximate surface area is 162 Å². The predicted molar refractivity (Wildman–Crippen MR) is 101 cm³/mol. The van der Waals surface area contributed by atoms with Gasteiger partial charge in [0.25, 0.3) is 0 Å². The van der Waals surface area contributed by atoms with E-state index >= 15 is 4.39 Å². The number of allylic oxidation sites excluding steroid dienone is 4. The molecule has 26 heavy (non-hydrogen) atoms. The van der Waals surface area contributed by atoms with Gasteiger partial charge in [-0.1, -0.05) is 41.4 Å². The minimum Gasteiger partial charge on any atom is -0.381 e. The molecule has 0 spiro atoms. The van der Waals surface area contributed by atoms with Crippen molar-refractivity contribution >= 4 is 27.5 Å². The number of halogens is 2. The summed E-state index contributed by atoms with van der Waals surface area (Å²) in [6, 6.07) is 0. The van der Waals surface area contributed by atoms with Gasteiger partial charge in [0.2, 0.25) is 0 Å². The summed E-state index contributed by atoms with van der Waals surface area (Å²) in [5.74, 6) is 0.000931. The second-order valence-electron chi connectivity index (χ2n) is 9.05. The Morgan fingerprint density at radius 1 is 1.35 bits per heavy atom. The van der Waals surface area contributed by atoms with Crippen molar-refractivity contribution in [3.8, 4) is 0 Å². The molecular weight excluding hydrogens is 399 g/mol. The molecule has 4 rings (SSSR count). The summed E-state index contributed by atoms with van der Waals surface area (Å²) in [6.45, 7) is 4.08. The highest BCUT2D eigenvalue weighted by Crippen LogP contribution is 2.65. The zero-order valence-corrected chi connectivity index (χ0v) is 16.9. The van der Waals surface area contributed by atoms with Crippen molar-refractivity contribution in [1.82, 2.24) is 0 Å². The van der Waals surface area contributed by atoms with Gasteiger partial charge in [0.15, 0.2) is 11.6 Å². The van der Waals surface area contributed by atoms with Gasteiger partial charge in [-0.15, -0.1) is 0 Å². The highest BCUT2D eigenvalue weighted by atomic mass is 79.9. The van der Waals surface area contributed by atoms with Gasteiger partial charge in [-0.05, 0) is 55.6 Å². The molecule has 2 saturated carbocycles. The predicted octanol–water partition coefficient (Wildman–Crippen LogP) is 4.08. The van der Waals surface area contributed by atoms with Crippen LogP contribution in [0.4, 0.5) is 4.39 Å². The minimum atomic E-state index is -1.34. The summed E-state index contributed by atoms with van der Waals surface area (Å²) in [4.78, 5) is 24.4. The molecule has 4 aliphatic carbocycles. The van der Waals surface area contributed by atoms with Crippen LogP contribution in [-0.2, 0) is 9.59 Å². The average Bonchev–Trinajstić information content (AvgIpc) is 2.88. The van der Waals surface area contributed by atoms with Gasteiger partial charge < -0.3 is 5.11 Å². The van der Waals surface area contributed by atoms with Crippen LogP contribution >= 0.6 is 15.9 Å². The third kappa shape index (κ3) is 2.19. The van der Waals surface area contributed by atoms with E-state index in [1.807, 2.05) is 6.92 Å². The molecule has 2 fully saturated rings. The van der Waals surface area contributed by atoms with Crippen molar-refractivity contribution in [3.05, 3.63) is 23.3 Å². The van der Waals surface area contributed by atoms with Crippen LogP contribution < -0.4 is 0 Å². The molecule has 0 amide bonds. The Bertz CT molecular complexity index is 744. The number of alkyl halides is 2. The first-order valence-electron chi connectivity index (χ1n) is 9.58. The summed E-state index contributed by atoms with van der Waals surface area (Å²) in [7, 11) is 0. The summed E-state index contributed by atoms with van der Waals surface area (Å²) < 4.78 is 15.1. The quantitative estimate of drug-likeness (QED) is 0.536. The fraction of sp³-hybridized carbons (Fsp3) is 0.714. The van der Waals surface area contributed by atoms with E-state index in [9.17, 15) is 14.7 Å². The number of rotatable bonds is 2. The first-order chi connectivity index (χ1) is 12.2. The molecule has 6 atom stereocenters. The Hall–Kier alpha value is -0.810. The maximum atomic E-state index is 15.1. The van der Waals surface area contributed by atoms with Crippen molar-refractivity contribution in [3.63, 3.8) is 0 Å². The van der Waals surface area contributed by atoms with Crippen molar-refractivity contribution in [2.24, 2.45) is 22.7 Å². The van der Waals surface area contributed by atoms with E-state index in [1.165, 1.54) is 5.57 Å². The van der Waals surface area contributed by atoms with E-state index in [-0.39, 0.29) is 28.7 Å². The monoisotopic (exact) mass is 424 g/mol. The largest absolute Gasteiger partial charge is 0.381 e. The van der Waals surface area contributed by atoms with Crippen molar-refractivity contribution in [2.45, 2.75) is 64.1 Å². The van der Waals surface area contributed by atoms with Gasteiger partial charge in [0.1, 0.15) is 11.8 Å². The minimum absolute atomic E-state index is 0.0259. The van der Waals surface area contributed by atoms with Gasteiger partial charge in [0.05, 0.1) is 5.33 Å². The molecule has 0 aromatic heterocycles. The van der Waals surface area contributed by atoms with Gasteiger partial charge in [-0.2, -0.15) is 0 Å². The van der Waals surface area contributed by atoms with E-state index in [0.717, 1.165) is 6.42 Å².